The molecule has 0 spiro atoms. The molecular weight excluding hydrogens is 255 g/mol. The maximum atomic E-state index is 11.2. The van der Waals surface area contributed by atoms with Gasteiger partial charge in [-0.3, -0.25) is 0 Å². The van der Waals surface area contributed by atoms with Crippen molar-refractivity contribution in [1.29, 1.82) is 0 Å². The summed E-state index contributed by atoms with van der Waals surface area (Å²) in [7, 11) is 0. The first kappa shape index (κ1) is 12.2. The van der Waals surface area contributed by atoms with E-state index in [4.69, 9.17) is 23.2 Å². The fraction of sp³-hybridized carbons (Fsp3) is 0.0714. The van der Waals surface area contributed by atoms with Gasteiger partial charge >= 0.3 is 0 Å². The van der Waals surface area contributed by atoms with Crippen LogP contribution in [-0.2, 0) is 4.79 Å². The van der Waals surface area contributed by atoms with Gasteiger partial charge in [-0.15, -0.1) is 0 Å². The van der Waals surface area contributed by atoms with Crippen LogP contribution in [-0.4, -0.2) is 6.29 Å². The van der Waals surface area contributed by atoms with Crippen molar-refractivity contribution in [1.82, 2.24) is 0 Å². The topological polar surface area (TPSA) is 17.1 Å². The maximum Gasteiger partial charge on any atom is 0.131 e. The van der Waals surface area contributed by atoms with E-state index in [9.17, 15) is 4.79 Å². The van der Waals surface area contributed by atoms with Crippen LogP contribution in [0.2, 0.25) is 10.0 Å². The van der Waals surface area contributed by atoms with Crippen molar-refractivity contribution < 1.29 is 4.79 Å². The predicted molar refractivity (Wildman–Crippen MR) is 70.8 cm³/mol. The Labute approximate surface area is 110 Å². The maximum absolute atomic E-state index is 11.2. The van der Waals surface area contributed by atoms with Crippen molar-refractivity contribution in [2.75, 3.05) is 0 Å². The van der Waals surface area contributed by atoms with E-state index in [1.165, 1.54) is 0 Å². The lowest BCUT2D eigenvalue weighted by atomic mass is 9.93. The molecule has 0 aliphatic carbocycles. The van der Waals surface area contributed by atoms with Crippen molar-refractivity contribution in [3.8, 4) is 0 Å². The molecule has 1 atom stereocenters. The Bertz CT molecular complexity index is 523. The van der Waals surface area contributed by atoms with Crippen LogP contribution in [0.15, 0.2) is 48.5 Å². The third kappa shape index (κ3) is 2.68. The van der Waals surface area contributed by atoms with Gasteiger partial charge in [0.1, 0.15) is 6.29 Å². The van der Waals surface area contributed by atoms with E-state index >= 15 is 0 Å². The van der Waals surface area contributed by atoms with Gasteiger partial charge in [0.15, 0.2) is 0 Å². The fourth-order valence-electron chi connectivity index (χ4n) is 1.72. The van der Waals surface area contributed by atoms with E-state index in [2.05, 4.69) is 0 Å². The van der Waals surface area contributed by atoms with Crippen molar-refractivity contribution in [2.45, 2.75) is 5.92 Å². The second-order valence-corrected chi connectivity index (χ2v) is 4.51. The number of carbonyl (C=O) groups excluding carboxylic acids is 1. The molecule has 2 aromatic rings. The lowest BCUT2D eigenvalue weighted by Crippen LogP contribution is -2.02. The molecule has 0 saturated carbocycles. The summed E-state index contributed by atoms with van der Waals surface area (Å²) in [5.74, 6) is -0.300. The highest BCUT2D eigenvalue weighted by Gasteiger charge is 2.13. The molecule has 0 amide bonds. The molecule has 0 aromatic heterocycles. The number of rotatable bonds is 3. The summed E-state index contributed by atoms with van der Waals surface area (Å²) in [5, 5.41) is 0.958. The summed E-state index contributed by atoms with van der Waals surface area (Å²) in [5.41, 5.74) is 1.79. The van der Waals surface area contributed by atoms with Crippen LogP contribution in [0, 0.1) is 0 Å². The van der Waals surface area contributed by atoms with E-state index in [1.54, 1.807) is 12.1 Å². The van der Waals surface area contributed by atoms with Crippen LogP contribution in [0.5, 0.6) is 0 Å². The third-order valence-corrected chi connectivity index (χ3v) is 3.34. The number of hydrogen-bond acceptors (Lipinski definition) is 1. The summed E-state index contributed by atoms with van der Waals surface area (Å²) in [4.78, 5) is 11.2. The van der Waals surface area contributed by atoms with E-state index < -0.39 is 0 Å². The number of benzene rings is 2. The molecule has 0 aliphatic heterocycles. The van der Waals surface area contributed by atoms with Gasteiger partial charge in [-0.25, -0.2) is 0 Å². The van der Waals surface area contributed by atoms with Crippen LogP contribution < -0.4 is 0 Å². The Hall–Kier alpha value is -1.31. The average Bonchev–Trinajstić information content (AvgIpc) is 2.36. The molecule has 0 radical (unpaired) electrons. The Morgan fingerprint density at radius 3 is 2.18 bits per heavy atom. The zero-order chi connectivity index (χ0) is 12.3. The standard InChI is InChI=1S/C14H10Cl2O/c15-13-7-6-11(8-14(13)16)12(9-17)10-4-2-1-3-5-10/h1-9,12H/t12-/m1/s1. The number of aldehydes is 1. The molecule has 0 saturated heterocycles. The highest BCUT2D eigenvalue weighted by Crippen LogP contribution is 2.29. The summed E-state index contributed by atoms with van der Waals surface area (Å²) in [6.45, 7) is 0. The van der Waals surface area contributed by atoms with Crippen LogP contribution in [0.4, 0.5) is 0 Å². The van der Waals surface area contributed by atoms with Crippen molar-refractivity contribution in [2.24, 2.45) is 0 Å². The first-order valence-electron chi connectivity index (χ1n) is 5.17. The average molecular weight is 265 g/mol. The zero-order valence-electron chi connectivity index (χ0n) is 8.94. The minimum absolute atomic E-state index is 0.300. The van der Waals surface area contributed by atoms with Crippen LogP contribution >= 0.6 is 23.2 Å². The molecule has 17 heavy (non-hydrogen) atoms. The van der Waals surface area contributed by atoms with Crippen LogP contribution in [0.1, 0.15) is 17.0 Å². The summed E-state index contributed by atoms with van der Waals surface area (Å²) >= 11 is 11.8. The lowest BCUT2D eigenvalue weighted by molar-refractivity contribution is -0.108. The van der Waals surface area contributed by atoms with Gasteiger partial charge < -0.3 is 4.79 Å². The highest BCUT2D eigenvalue weighted by atomic mass is 35.5. The van der Waals surface area contributed by atoms with Crippen LogP contribution in [0.25, 0.3) is 0 Å². The van der Waals surface area contributed by atoms with Gasteiger partial charge in [-0.2, -0.15) is 0 Å². The minimum atomic E-state index is -0.300. The SMILES string of the molecule is O=C[C@H](c1ccccc1)c1ccc(Cl)c(Cl)c1. The smallest absolute Gasteiger partial charge is 0.131 e. The normalized spacial score (nSPS) is 12.1. The van der Waals surface area contributed by atoms with E-state index in [-0.39, 0.29) is 5.92 Å². The predicted octanol–water partition coefficient (Wildman–Crippen LogP) is 4.32. The van der Waals surface area contributed by atoms with Crippen molar-refractivity contribution in [3.63, 3.8) is 0 Å². The van der Waals surface area contributed by atoms with E-state index in [1.807, 2.05) is 36.4 Å². The van der Waals surface area contributed by atoms with Gasteiger partial charge in [-0.1, -0.05) is 59.6 Å². The second kappa shape index (κ2) is 5.35. The molecule has 2 aromatic carbocycles. The van der Waals surface area contributed by atoms with E-state index in [0.29, 0.717) is 10.0 Å². The van der Waals surface area contributed by atoms with E-state index in [0.717, 1.165) is 17.4 Å². The Balaban J connectivity index is 2.42. The molecule has 0 fully saturated rings. The summed E-state index contributed by atoms with van der Waals surface area (Å²) < 4.78 is 0. The monoisotopic (exact) mass is 264 g/mol. The molecule has 3 heteroatoms. The number of halogens is 2. The highest BCUT2D eigenvalue weighted by molar-refractivity contribution is 6.42. The lowest BCUT2D eigenvalue weighted by Gasteiger charge is -2.11. The molecule has 0 N–H and O–H groups in total. The number of carbonyl (C=O) groups is 1. The Kier molecular flexibility index (Phi) is 3.82. The Morgan fingerprint density at radius 1 is 0.882 bits per heavy atom. The van der Waals surface area contributed by atoms with Crippen molar-refractivity contribution >= 4 is 29.5 Å². The summed E-state index contributed by atoms with van der Waals surface area (Å²) in [6, 6.07) is 14.8. The Morgan fingerprint density at radius 2 is 1.59 bits per heavy atom. The van der Waals surface area contributed by atoms with Gasteiger partial charge in [-0.05, 0) is 23.3 Å². The molecule has 0 heterocycles. The molecule has 0 bridgehead atoms. The fourth-order valence-corrected chi connectivity index (χ4v) is 2.02. The second-order valence-electron chi connectivity index (χ2n) is 3.70. The molecule has 2 rings (SSSR count). The molecule has 86 valence electrons. The first-order chi connectivity index (χ1) is 8.22. The largest absolute Gasteiger partial charge is 0.302 e. The zero-order valence-corrected chi connectivity index (χ0v) is 10.4. The molecule has 1 nitrogen and oxygen atoms in total. The minimum Gasteiger partial charge on any atom is -0.302 e. The van der Waals surface area contributed by atoms with Crippen molar-refractivity contribution in [3.05, 3.63) is 69.7 Å². The molecule has 0 unspecified atom stereocenters. The van der Waals surface area contributed by atoms with Gasteiger partial charge in [0, 0.05) is 0 Å². The molecular formula is C14H10Cl2O. The van der Waals surface area contributed by atoms with Crippen LogP contribution in [0.3, 0.4) is 0 Å². The molecule has 0 aliphatic rings. The number of hydrogen-bond donors (Lipinski definition) is 0. The van der Waals surface area contributed by atoms with Gasteiger partial charge in [0.05, 0.1) is 16.0 Å². The quantitative estimate of drug-likeness (QED) is 0.755. The van der Waals surface area contributed by atoms with Gasteiger partial charge in [0.25, 0.3) is 0 Å². The first-order valence-corrected chi connectivity index (χ1v) is 5.93. The van der Waals surface area contributed by atoms with Gasteiger partial charge in [0.2, 0.25) is 0 Å². The third-order valence-electron chi connectivity index (χ3n) is 2.60. The summed E-state index contributed by atoms with van der Waals surface area (Å²) in [6.07, 6.45) is 0.912.